The molecule has 2 aromatic rings. The van der Waals surface area contributed by atoms with Crippen molar-refractivity contribution in [2.24, 2.45) is 0 Å². The van der Waals surface area contributed by atoms with Gasteiger partial charge in [0.05, 0.1) is 12.6 Å². The lowest BCUT2D eigenvalue weighted by atomic mass is 10.0. The van der Waals surface area contributed by atoms with Crippen LogP contribution in [0.2, 0.25) is 0 Å². The van der Waals surface area contributed by atoms with Crippen LogP contribution >= 0.6 is 0 Å². The fourth-order valence-electron chi connectivity index (χ4n) is 3.52. The summed E-state index contributed by atoms with van der Waals surface area (Å²) < 4.78 is 5.44. The topological polar surface area (TPSA) is 41.6 Å². The quantitative estimate of drug-likeness (QED) is 0.818. The number of carbonyl (C=O) groups is 1. The SMILES string of the molecule is CCOc1ccc(C(=O)NCC(c2ccccc2)N2CCCCC2)cc1. The number of likely N-dealkylation sites (tertiary alicyclic amines) is 1. The van der Waals surface area contributed by atoms with E-state index in [9.17, 15) is 4.79 Å². The predicted molar refractivity (Wildman–Crippen MR) is 105 cm³/mol. The molecule has 1 fully saturated rings. The highest BCUT2D eigenvalue weighted by molar-refractivity contribution is 5.94. The third-order valence-corrected chi connectivity index (χ3v) is 4.90. The van der Waals surface area contributed by atoms with Crippen molar-refractivity contribution >= 4 is 5.91 Å². The first-order valence-corrected chi connectivity index (χ1v) is 9.58. The number of hydrogen-bond acceptors (Lipinski definition) is 3. The smallest absolute Gasteiger partial charge is 0.251 e. The molecule has 1 saturated heterocycles. The second kappa shape index (κ2) is 9.39. The van der Waals surface area contributed by atoms with Gasteiger partial charge >= 0.3 is 0 Å². The van der Waals surface area contributed by atoms with E-state index in [-0.39, 0.29) is 11.9 Å². The Morgan fingerprint density at radius 2 is 1.73 bits per heavy atom. The number of nitrogens with zero attached hydrogens (tertiary/aromatic N) is 1. The van der Waals surface area contributed by atoms with Crippen LogP contribution in [-0.2, 0) is 0 Å². The van der Waals surface area contributed by atoms with Crippen molar-refractivity contribution < 1.29 is 9.53 Å². The Hall–Kier alpha value is -2.33. The minimum Gasteiger partial charge on any atom is -0.494 e. The minimum atomic E-state index is -0.0361. The van der Waals surface area contributed by atoms with Crippen molar-refractivity contribution in [3.05, 3.63) is 65.7 Å². The van der Waals surface area contributed by atoms with Gasteiger partial charge in [-0.3, -0.25) is 9.69 Å². The zero-order chi connectivity index (χ0) is 18.2. The molecule has 1 aliphatic heterocycles. The summed E-state index contributed by atoms with van der Waals surface area (Å²) in [5.41, 5.74) is 1.93. The maximum atomic E-state index is 12.6. The molecule has 0 bridgehead atoms. The molecule has 0 aromatic heterocycles. The summed E-state index contributed by atoms with van der Waals surface area (Å²) in [5, 5.41) is 3.12. The molecule has 0 spiro atoms. The van der Waals surface area contributed by atoms with Gasteiger partial charge in [0.25, 0.3) is 5.91 Å². The molecule has 1 N–H and O–H groups in total. The summed E-state index contributed by atoms with van der Waals surface area (Å²) in [5.74, 6) is 0.755. The summed E-state index contributed by atoms with van der Waals surface area (Å²) >= 11 is 0. The monoisotopic (exact) mass is 352 g/mol. The summed E-state index contributed by atoms with van der Waals surface area (Å²) in [4.78, 5) is 15.1. The van der Waals surface area contributed by atoms with Crippen molar-refractivity contribution in [2.75, 3.05) is 26.2 Å². The highest BCUT2D eigenvalue weighted by atomic mass is 16.5. The van der Waals surface area contributed by atoms with Crippen LogP contribution in [0.3, 0.4) is 0 Å². The van der Waals surface area contributed by atoms with E-state index in [0.29, 0.717) is 18.7 Å². The minimum absolute atomic E-state index is 0.0361. The first-order chi connectivity index (χ1) is 12.8. The average Bonchev–Trinajstić information content (AvgIpc) is 2.70. The molecule has 0 aliphatic carbocycles. The lowest BCUT2D eigenvalue weighted by molar-refractivity contribution is 0.0924. The van der Waals surface area contributed by atoms with Crippen molar-refractivity contribution in [1.82, 2.24) is 10.2 Å². The number of carbonyl (C=O) groups excluding carboxylic acids is 1. The Labute approximate surface area is 156 Å². The van der Waals surface area contributed by atoms with Crippen LogP contribution in [-0.4, -0.2) is 37.0 Å². The van der Waals surface area contributed by atoms with Gasteiger partial charge in [-0.2, -0.15) is 0 Å². The molecular formula is C22H28N2O2. The Morgan fingerprint density at radius 3 is 2.38 bits per heavy atom. The van der Waals surface area contributed by atoms with E-state index in [1.54, 1.807) is 0 Å². The fourth-order valence-corrected chi connectivity index (χ4v) is 3.52. The van der Waals surface area contributed by atoms with Gasteiger partial charge in [-0.1, -0.05) is 36.8 Å². The Bertz CT molecular complexity index is 679. The number of benzene rings is 2. The number of rotatable bonds is 7. The lowest BCUT2D eigenvalue weighted by Crippen LogP contribution is -2.40. The Morgan fingerprint density at radius 1 is 1.04 bits per heavy atom. The molecule has 4 heteroatoms. The summed E-state index contributed by atoms with van der Waals surface area (Å²) in [7, 11) is 0. The van der Waals surface area contributed by atoms with E-state index in [0.717, 1.165) is 18.8 Å². The highest BCUT2D eigenvalue weighted by Crippen LogP contribution is 2.24. The molecule has 1 atom stereocenters. The molecule has 4 nitrogen and oxygen atoms in total. The van der Waals surface area contributed by atoms with Crippen molar-refractivity contribution in [3.8, 4) is 5.75 Å². The van der Waals surface area contributed by atoms with Crippen molar-refractivity contribution in [2.45, 2.75) is 32.2 Å². The van der Waals surface area contributed by atoms with Crippen molar-refractivity contribution in [1.29, 1.82) is 0 Å². The van der Waals surface area contributed by atoms with Crippen LogP contribution in [0, 0.1) is 0 Å². The number of piperidine rings is 1. The van der Waals surface area contributed by atoms with Gasteiger partial charge in [0, 0.05) is 12.1 Å². The molecule has 1 aliphatic rings. The third kappa shape index (κ3) is 4.85. The van der Waals surface area contributed by atoms with Crippen LogP contribution in [0.1, 0.15) is 48.1 Å². The van der Waals surface area contributed by atoms with E-state index < -0.39 is 0 Å². The van der Waals surface area contributed by atoms with Gasteiger partial charge in [0.2, 0.25) is 0 Å². The molecule has 1 unspecified atom stereocenters. The molecule has 2 aromatic carbocycles. The fraction of sp³-hybridized carbons (Fsp3) is 0.409. The van der Waals surface area contributed by atoms with Gasteiger partial charge < -0.3 is 10.1 Å². The van der Waals surface area contributed by atoms with Crippen molar-refractivity contribution in [3.63, 3.8) is 0 Å². The molecule has 26 heavy (non-hydrogen) atoms. The first-order valence-electron chi connectivity index (χ1n) is 9.58. The second-order valence-corrected chi connectivity index (χ2v) is 6.69. The first kappa shape index (κ1) is 18.5. The van der Waals surface area contributed by atoms with E-state index in [4.69, 9.17) is 4.74 Å². The molecular weight excluding hydrogens is 324 g/mol. The van der Waals surface area contributed by atoms with E-state index in [2.05, 4.69) is 34.5 Å². The van der Waals surface area contributed by atoms with Crippen LogP contribution in [0.4, 0.5) is 0 Å². The second-order valence-electron chi connectivity index (χ2n) is 6.69. The predicted octanol–water partition coefficient (Wildman–Crippen LogP) is 4.04. The van der Waals surface area contributed by atoms with E-state index in [1.807, 2.05) is 37.3 Å². The van der Waals surface area contributed by atoms with Crippen LogP contribution in [0.5, 0.6) is 5.75 Å². The maximum Gasteiger partial charge on any atom is 0.251 e. The molecule has 138 valence electrons. The van der Waals surface area contributed by atoms with Gasteiger partial charge in [-0.05, 0) is 62.7 Å². The van der Waals surface area contributed by atoms with Gasteiger partial charge in [0.15, 0.2) is 0 Å². The largest absolute Gasteiger partial charge is 0.494 e. The standard InChI is InChI=1S/C22H28N2O2/c1-2-26-20-13-11-19(12-14-20)22(25)23-17-21(18-9-5-3-6-10-18)24-15-7-4-8-16-24/h3,5-6,9-14,21H,2,4,7-8,15-17H2,1H3,(H,23,25). The van der Waals surface area contributed by atoms with Crippen LogP contribution in [0.15, 0.2) is 54.6 Å². The molecule has 0 saturated carbocycles. The molecule has 1 heterocycles. The van der Waals surface area contributed by atoms with Crippen LogP contribution in [0.25, 0.3) is 0 Å². The summed E-state index contributed by atoms with van der Waals surface area (Å²) in [6, 6.07) is 18.0. The zero-order valence-corrected chi connectivity index (χ0v) is 15.5. The Kier molecular flexibility index (Phi) is 6.67. The molecule has 0 radical (unpaired) electrons. The van der Waals surface area contributed by atoms with Crippen LogP contribution < -0.4 is 10.1 Å². The summed E-state index contributed by atoms with van der Waals surface area (Å²) in [6.45, 7) is 5.39. The molecule has 3 rings (SSSR count). The normalized spacial score (nSPS) is 16.0. The zero-order valence-electron chi connectivity index (χ0n) is 15.5. The van der Waals surface area contributed by atoms with Gasteiger partial charge in [-0.25, -0.2) is 0 Å². The number of ether oxygens (including phenoxy) is 1. The summed E-state index contributed by atoms with van der Waals surface area (Å²) in [6.07, 6.45) is 3.77. The lowest BCUT2D eigenvalue weighted by Gasteiger charge is -2.35. The van der Waals surface area contributed by atoms with Gasteiger partial charge in [-0.15, -0.1) is 0 Å². The number of nitrogens with one attached hydrogen (secondary N) is 1. The molecule has 1 amide bonds. The van der Waals surface area contributed by atoms with Gasteiger partial charge in [0.1, 0.15) is 5.75 Å². The average molecular weight is 352 g/mol. The van der Waals surface area contributed by atoms with E-state index >= 15 is 0 Å². The maximum absolute atomic E-state index is 12.6. The number of hydrogen-bond donors (Lipinski definition) is 1. The number of amides is 1. The van der Waals surface area contributed by atoms with E-state index in [1.165, 1.54) is 24.8 Å². The Balaban J connectivity index is 1.65. The highest BCUT2D eigenvalue weighted by Gasteiger charge is 2.22. The third-order valence-electron chi connectivity index (χ3n) is 4.90.